The lowest BCUT2D eigenvalue weighted by atomic mass is 10.2. The van der Waals surface area contributed by atoms with E-state index in [2.05, 4.69) is 31.0 Å². The average Bonchev–Trinajstić information content (AvgIpc) is 2.64. The molecule has 0 amide bonds. The molecular formula is C9H7BrN4O. The molecule has 0 saturated heterocycles. The van der Waals surface area contributed by atoms with Crippen LogP contribution in [0, 0.1) is 0 Å². The van der Waals surface area contributed by atoms with Gasteiger partial charge < -0.3 is 0 Å². The van der Waals surface area contributed by atoms with Gasteiger partial charge in [-0.1, -0.05) is 0 Å². The highest BCUT2D eigenvalue weighted by Crippen LogP contribution is 2.15. The van der Waals surface area contributed by atoms with Gasteiger partial charge in [-0.2, -0.15) is 5.10 Å². The second-order valence-corrected chi connectivity index (χ2v) is 3.74. The summed E-state index contributed by atoms with van der Waals surface area (Å²) >= 11 is 3.23. The van der Waals surface area contributed by atoms with E-state index in [9.17, 15) is 4.79 Å². The summed E-state index contributed by atoms with van der Waals surface area (Å²) in [6.45, 7) is 0. The second-order valence-electron chi connectivity index (χ2n) is 2.89. The van der Waals surface area contributed by atoms with Gasteiger partial charge in [-0.15, -0.1) is 0 Å². The minimum atomic E-state index is -0.177. The van der Waals surface area contributed by atoms with E-state index in [4.69, 9.17) is 0 Å². The molecule has 2 rings (SSSR count). The minimum absolute atomic E-state index is 0.177. The lowest BCUT2D eigenvalue weighted by molar-refractivity contribution is 0.102. The summed E-state index contributed by atoms with van der Waals surface area (Å²) in [5.74, 6) is -0.177. The maximum Gasteiger partial charge on any atom is 0.230 e. The van der Waals surface area contributed by atoms with Crippen molar-refractivity contribution in [1.82, 2.24) is 19.7 Å². The van der Waals surface area contributed by atoms with Gasteiger partial charge in [-0.3, -0.25) is 9.48 Å². The molecule has 0 atom stereocenters. The van der Waals surface area contributed by atoms with E-state index >= 15 is 0 Å². The maximum atomic E-state index is 12.0. The first kappa shape index (κ1) is 9.97. The van der Waals surface area contributed by atoms with Crippen molar-refractivity contribution in [3.63, 3.8) is 0 Å². The Hall–Kier alpha value is -1.56. The Balaban J connectivity index is 2.46. The van der Waals surface area contributed by atoms with Crippen molar-refractivity contribution in [3.05, 3.63) is 40.6 Å². The standard InChI is InChI=1S/C9H7BrN4O/c1-14-7(2-3-13-14)9(15)8-6(10)4-11-5-12-8/h2-5H,1H3. The lowest BCUT2D eigenvalue weighted by Gasteiger charge is -2.01. The molecule has 0 spiro atoms. The lowest BCUT2D eigenvalue weighted by Crippen LogP contribution is -2.10. The van der Waals surface area contributed by atoms with Crippen molar-refractivity contribution in [2.24, 2.45) is 7.05 Å². The molecule has 2 heterocycles. The fourth-order valence-electron chi connectivity index (χ4n) is 1.20. The van der Waals surface area contributed by atoms with Crippen LogP contribution in [0.15, 0.2) is 29.3 Å². The zero-order chi connectivity index (χ0) is 10.8. The summed E-state index contributed by atoms with van der Waals surface area (Å²) < 4.78 is 2.09. The molecule has 0 saturated carbocycles. The molecule has 0 bridgehead atoms. The number of aryl methyl sites for hydroxylation is 1. The van der Waals surface area contributed by atoms with E-state index in [0.717, 1.165) is 0 Å². The molecule has 0 aromatic carbocycles. The molecule has 15 heavy (non-hydrogen) atoms. The average molecular weight is 267 g/mol. The van der Waals surface area contributed by atoms with Crippen LogP contribution in [0.2, 0.25) is 0 Å². The smallest absolute Gasteiger partial charge is 0.230 e. The number of hydrogen-bond acceptors (Lipinski definition) is 4. The third-order valence-electron chi connectivity index (χ3n) is 1.94. The van der Waals surface area contributed by atoms with E-state index in [1.807, 2.05) is 0 Å². The highest BCUT2D eigenvalue weighted by Gasteiger charge is 2.16. The molecule has 6 heteroatoms. The van der Waals surface area contributed by atoms with E-state index in [0.29, 0.717) is 15.9 Å². The fourth-order valence-corrected chi connectivity index (χ4v) is 1.60. The Morgan fingerprint density at radius 3 is 2.93 bits per heavy atom. The van der Waals surface area contributed by atoms with E-state index in [-0.39, 0.29) is 5.78 Å². The molecule has 0 unspecified atom stereocenters. The summed E-state index contributed by atoms with van der Waals surface area (Å²) in [5.41, 5.74) is 0.836. The highest BCUT2D eigenvalue weighted by atomic mass is 79.9. The first-order chi connectivity index (χ1) is 7.20. The van der Waals surface area contributed by atoms with Gasteiger partial charge in [-0.05, 0) is 22.0 Å². The van der Waals surface area contributed by atoms with Gasteiger partial charge in [0.2, 0.25) is 5.78 Å². The first-order valence-corrected chi connectivity index (χ1v) is 4.97. The summed E-state index contributed by atoms with van der Waals surface area (Å²) in [6, 6.07) is 1.65. The molecular weight excluding hydrogens is 260 g/mol. The third kappa shape index (κ3) is 1.80. The molecule has 0 aliphatic carbocycles. The number of ketones is 1. The van der Waals surface area contributed by atoms with E-state index in [1.54, 1.807) is 19.3 Å². The van der Waals surface area contributed by atoms with Gasteiger partial charge in [0.25, 0.3) is 0 Å². The predicted molar refractivity (Wildman–Crippen MR) is 56.4 cm³/mol. The molecule has 0 aliphatic heterocycles. The zero-order valence-corrected chi connectivity index (χ0v) is 9.47. The summed E-state index contributed by atoms with van der Waals surface area (Å²) in [4.78, 5) is 19.7. The van der Waals surface area contributed by atoms with Crippen LogP contribution < -0.4 is 0 Å². The van der Waals surface area contributed by atoms with Crippen LogP contribution in [-0.2, 0) is 7.05 Å². The topological polar surface area (TPSA) is 60.7 Å². The predicted octanol–water partition coefficient (Wildman–Crippen LogP) is 1.20. The van der Waals surface area contributed by atoms with Gasteiger partial charge >= 0.3 is 0 Å². The van der Waals surface area contributed by atoms with Gasteiger partial charge in [0.1, 0.15) is 17.7 Å². The van der Waals surface area contributed by atoms with Crippen LogP contribution >= 0.6 is 15.9 Å². The van der Waals surface area contributed by atoms with Crippen molar-refractivity contribution in [3.8, 4) is 0 Å². The van der Waals surface area contributed by atoms with E-state index < -0.39 is 0 Å². The number of nitrogens with zero attached hydrogens (tertiary/aromatic N) is 4. The number of rotatable bonds is 2. The summed E-state index contributed by atoms with van der Waals surface area (Å²) in [7, 11) is 1.71. The molecule has 0 aliphatic rings. The van der Waals surface area contributed by atoms with Crippen LogP contribution in [0.5, 0.6) is 0 Å². The zero-order valence-electron chi connectivity index (χ0n) is 7.88. The Morgan fingerprint density at radius 1 is 1.53 bits per heavy atom. The van der Waals surface area contributed by atoms with Crippen molar-refractivity contribution >= 4 is 21.7 Å². The Labute approximate surface area is 94.3 Å². The van der Waals surface area contributed by atoms with Gasteiger partial charge in [0.05, 0.1) is 4.47 Å². The Bertz CT molecular complexity index is 508. The van der Waals surface area contributed by atoms with Crippen LogP contribution in [0.25, 0.3) is 0 Å². The van der Waals surface area contributed by atoms with Crippen molar-refractivity contribution in [1.29, 1.82) is 0 Å². The number of halogens is 1. The summed E-state index contributed by atoms with van der Waals surface area (Å²) in [6.07, 6.45) is 4.45. The monoisotopic (exact) mass is 266 g/mol. The van der Waals surface area contributed by atoms with Crippen molar-refractivity contribution < 1.29 is 4.79 Å². The molecule has 76 valence electrons. The van der Waals surface area contributed by atoms with Gasteiger partial charge in [0.15, 0.2) is 0 Å². The molecule has 0 fully saturated rings. The SMILES string of the molecule is Cn1nccc1C(=O)c1ncncc1Br. The maximum absolute atomic E-state index is 12.0. The normalized spacial score (nSPS) is 10.3. The van der Waals surface area contributed by atoms with Crippen LogP contribution in [0.1, 0.15) is 16.2 Å². The number of aromatic nitrogens is 4. The quantitative estimate of drug-likeness (QED) is 0.767. The molecule has 2 aromatic rings. The molecule has 0 N–H and O–H groups in total. The Morgan fingerprint density at radius 2 is 2.33 bits per heavy atom. The van der Waals surface area contributed by atoms with E-state index in [1.165, 1.54) is 17.2 Å². The number of carbonyl (C=O) groups excluding carboxylic acids is 1. The van der Waals surface area contributed by atoms with Crippen LogP contribution in [-0.4, -0.2) is 25.5 Å². The molecule has 0 radical (unpaired) electrons. The third-order valence-corrected chi connectivity index (χ3v) is 2.52. The highest BCUT2D eigenvalue weighted by molar-refractivity contribution is 9.10. The minimum Gasteiger partial charge on any atom is -0.285 e. The van der Waals surface area contributed by atoms with Gasteiger partial charge in [-0.25, -0.2) is 9.97 Å². The van der Waals surface area contributed by atoms with Crippen LogP contribution in [0.3, 0.4) is 0 Å². The first-order valence-electron chi connectivity index (χ1n) is 4.18. The number of hydrogen-bond donors (Lipinski definition) is 0. The fraction of sp³-hybridized carbons (Fsp3) is 0.111. The summed E-state index contributed by atoms with van der Waals surface area (Å²) in [5, 5.41) is 3.93. The molecule has 2 aromatic heterocycles. The van der Waals surface area contributed by atoms with Crippen LogP contribution in [0.4, 0.5) is 0 Å². The van der Waals surface area contributed by atoms with Crippen molar-refractivity contribution in [2.75, 3.05) is 0 Å². The van der Waals surface area contributed by atoms with Gasteiger partial charge in [0, 0.05) is 19.4 Å². The van der Waals surface area contributed by atoms with Crippen molar-refractivity contribution in [2.45, 2.75) is 0 Å². The second kappa shape index (κ2) is 3.90. The number of carbonyl (C=O) groups is 1. The largest absolute Gasteiger partial charge is 0.285 e. The Kier molecular flexibility index (Phi) is 2.59. The molecule has 5 nitrogen and oxygen atoms in total.